The topological polar surface area (TPSA) is 66.9 Å². The van der Waals surface area contributed by atoms with Crippen LogP contribution in [-0.2, 0) is 32.0 Å². The van der Waals surface area contributed by atoms with Crippen molar-refractivity contribution in [3.05, 3.63) is 71.8 Å². The summed E-state index contributed by atoms with van der Waals surface area (Å²) in [5, 5.41) is -0.429. The molecule has 2 aliphatic rings. The summed E-state index contributed by atoms with van der Waals surface area (Å²) < 4.78 is 5.12. The number of carbonyl (C=O) groups is 3. The highest BCUT2D eigenvalue weighted by molar-refractivity contribution is 8.02. The molecule has 0 bridgehead atoms. The van der Waals surface area contributed by atoms with E-state index in [1.165, 1.54) is 5.56 Å². The van der Waals surface area contributed by atoms with E-state index < -0.39 is 5.25 Å². The summed E-state index contributed by atoms with van der Waals surface area (Å²) in [5.41, 5.74) is 2.19. The number of esters is 1. The van der Waals surface area contributed by atoms with Gasteiger partial charge in [-0.3, -0.25) is 14.4 Å². The molecule has 2 aromatic carbocycles. The van der Waals surface area contributed by atoms with Crippen LogP contribution in [0.1, 0.15) is 37.3 Å². The van der Waals surface area contributed by atoms with Gasteiger partial charge in [0.25, 0.3) is 0 Å². The number of rotatable bonds is 8. The van der Waals surface area contributed by atoms with Crippen LogP contribution in [0.3, 0.4) is 0 Å². The third kappa shape index (κ3) is 5.63. The summed E-state index contributed by atoms with van der Waals surface area (Å²) in [6.45, 7) is 3.91. The first-order chi connectivity index (χ1) is 16.5. The smallest absolute Gasteiger partial charge is 0.307 e. The van der Waals surface area contributed by atoms with Gasteiger partial charge in [-0.25, -0.2) is 0 Å². The van der Waals surface area contributed by atoms with Crippen molar-refractivity contribution in [2.75, 3.05) is 26.2 Å². The van der Waals surface area contributed by atoms with Gasteiger partial charge in [0.15, 0.2) is 0 Å². The van der Waals surface area contributed by atoms with Crippen molar-refractivity contribution in [3.63, 3.8) is 0 Å². The number of nitrogens with zero attached hydrogens (tertiary/aromatic N) is 2. The number of amides is 2. The maximum absolute atomic E-state index is 13.4. The van der Waals surface area contributed by atoms with Crippen LogP contribution >= 0.6 is 11.8 Å². The summed E-state index contributed by atoms with van der Waals surface area (Å²) in [5.74, 6) is -0.198. The predicted octanol–water partition coefficient (Wildman–Crippen LogP) is 3.69. The number of benzene rings is 2. The summed E-state index contributed by atoms with van der Waals surface area (Å²) in [6, 6.07) is 19.9. The van der Waals surface area contributed by atoms with Crippen LogP contribution in [0.5, 0.6) is 0 Å². The molecule has 0 saturated carbocycles. The third-order valence-electron chi connectivity index (χ3n) is 6.61. The van der Waals surface area contributed by atoms with E-state index in [0.29, 0.717) is 45.5 Å². The molecule has 6 nitrogen and oxygen atoms in total. The summed E-state index contributed by atoms with van der Waals surface area (Å²) in [7, 11) is 0. The number of ether oxygens (including phenoxy) is 1. The highest BCUT2D eigenvalue weighted by Gasteiger charge is 2.53. The lowest BCUT2D eigenvalue weighted by molar-refractivity contribution is -0.145. The van der Waals surface area contributed by atoms with Crippen molar-refractivity contribution in [3.8, 4) is 0 Å². The van der Waals surface area contributed by atoms with Gasteiger partial charge in [0.1, 0.15) is 0 Å². The van der Waals surface area contributed by atoms with Gasteiger partial charge in [-0.1, -0.05) is 60.7 Å². The molecule has 4 rings (SSSR count). The Morgan fingerprint density at radius 2 is 1.62 bits per heavy atom. The minimum atomic E-state index is -0.429. The number of hydrogen-bond donors (Lipinski definition) is 0. The number of hydrogen-bond acceptors (Lipinski definition) is 5. The second-order valence-corrected chi connectivity index (χ2v) is 10.4. The number of piperidine rings is 1. The second kappa shape index (κ2) is 11.1. The summed E-state index contributed by atoms with van der Waals surface area (Å²) in [4.78, 5) is 42.0. The first kappa shape index (κ1) is 24.3. The molecule has 180 valence electrons. The number of likely N-dealkylation sites (tertiary alicyclic amines) is 1. The van der Waals surface area contributed by atoms with Crippen LogP contribution in [0.15, 0.2) is 60.7 Å². The van der Waals surface area contributed by atoms with Gasteiger partial charge in [0.2, 0.25) is 11.8 Å². The predicted molar refractivity (Wildman–Crippen MR) is 133 cm³/mol. The lowest BCUT2D eigenvalue weighted by Gasteiger charge is -2.44. The fourth-order valence-electron chi connectivity index (χ4n) is 4.83. The Labute approximate surface area is 205 Å². The van der Waals surface area contributed by atoms with Crippen LogP contribution in [0.2, 0.25) is 0 Å². The van der Waals surface area contributed by atoms with E-state index in [2.05, 4.69) is 12.1 Å². The van der Waals surface area contributed by atoms with E-state index in [4.69, 9.17) is 4.74 Å². The minimum Gasteiger partial charge on any atom is -0.466 e. The van der Waals surface area contributed by atoms with Crippen molar-refractivity contribution >= 4 is 29.5 Å². The summed E-state index contributed by atoms with van der Waals surface area (Å²) in [6.07, 6.45) is 2.66. The zero-order chi connectivity index (χ0) is 24.0. The Balaban J connectivity index is 1.44. The molecule has 2 saturated heterocycles. The van der Waals surface area contributed by atoms with Crippen LogP contribution in [-0.4, -0.2) is 63.9 Å². The molecule has 2 heterocycles. The normalized spacial score (nSPS) is 19.4. The zero-order valence-corrected chi connectivity index (χ0v) is 20.5. The molecular weight excluding hydrogens is 448 g/mol. The van der Waals surface area contributed by atoms with Crippen molar-refractivity contribution in [2.45, 2.75) is 49.1 Å². The molecule has 0 aliphatic carbocycles. The molecule has 2 aromatic rings. The Morgan fingerprint density at radius 1 is 1.00 bits per heavy atom. The lowest BCUT2D eigenvalue weighted by Crippen LogP contribution is -2.53. The monoisotopic (exact) mass is 480 g/mol. The maximum Gasteiger partial charge on any atom is 0.307 e. The SMILES string of the molecule is CCOC(=O)CC1SC2(CCN(C(=O)Cc3ccccc3)CC2)N(CCc2ccccc2)C1=O. The van der Waals surface area contributed by atoms with E-state index in [9.17, 15) is 14.4 Å². The number of thioether (sulfide) groups is 1. The first-order valence-electron chi connectivity index (χ1n) is 12.0. The standard InChI is InChI=1S/C27H32N2O4S/c1-2-33-25(31)20-23-26(32)29(16-13-21-9-5-3-6-10-21)27(34-23)14-17-28(18-15-27)24(30)19-22-11-7-4-8-12-22/h3-12,23H,2,13-20H2,1H3. The molecule has 1 atom stereocenters. The van der Waals surface area contributed by atoms with E-state index in [1.807, 2.05) is 58.3 Å². The Kier molecular flexibility index (Phi) is 7.93. The van der Waals surface area contributed by atoms with Gasteiger partial charge in [-0.2, -0.15) is 0 Å². The second-order valence-electron chi connectivity index (χ2n) is 8.83. The van der Waals surface area contributed by atoms with Gasteiger partial charge in [0.05, 0.1) is 29.6 Å². The molecule has 2 fully saturated rings. The Bertz CT molecular complexity index is 990. The lowest BCUT2D eigenvalue weighted by atomic mass is 9.99. The third-order valence-corrected chi connectivity index (χ3v) is 8.34. The Hall–Kier alpha value is -2.80. The fraction of sp³-hybridized carbons (Fsp3) is 0.444. The van der Waals surface area contributed by atoms with E-state index in [1.54, 1.807) is 18.7 Å². The van der Waals surface area contributed by atoms with Gasteiger partial charge in [-0.15, -0.1) is 11.8 Å². The largest absolute Gasteiger partial charge is 0.466 e. The van der Waals surface area contributed by atoms with Crippen molar-refractivity contribution in [1.82, 2.24) is 9.80 Å². The highest BCUT2D eigenvalue weighted by atomic mass is 32.2. The van der Waals surface area contributed by atoms with Crippen LogP contribution in [0.25, 0.3) is 0 Å². The Morgan fingerprint density at radius 3 is 2.24 bits per heavy atom. The molecule has 1 unspecified atom stereocenters. The summed E-state index contributed by atoms with van der Waals surface area (Å²) >= 11 is 1.59. The molecule has 2 amide bonds. The van der Waals surface area contributed by atoms with Crippen molar-refractivity contribution < 1.29 is 19.1 Å². The first-order valence-corrected chi connectivity index (χ1v) is 12.9. The molecule has 0 radical (unpaired) electrons. The maximum atomic E-state index is 13.4. The van der Waals surface area contributed by atoms with Crippen molar-refractivity contribution in [1.29, 1.82) is 0 Å². The molecular formula is C27H32N2O4S. The van der Waals surface area contributed by atoms with E-state index in [-0.39, 0.29) is 29.1 Å². The van der Waals surface area contributed by atoms with Crippen LogP contribution < -0.4 is 0 Å². The average Bonchev–Trinajstić information content (AvgIpc) is 3.09. The molecule has 1 spiro atoms. The minimum absolute atomic E-state index is 0.0121. The van der Waals surface area contributed by atoms with Gasteiger partial charge in [0, 0.05) is 19.6 Å². The number of carbonyl (C=O) groups excluding carboxylic acids is 3. The molecule has 0 N–H and O–H groups in total. The molecule has 0 aromatic heterocycles. The molecule has 7 heteroatoms. The van der Waals surface area contributed by atoms with Gasteiger partial charge in [-0.05, 0) is 37.3 Å². The van der Waals surface area contributed by atoms with Crippen molar-refractivity contribution in [2.24, 2.45) is 0 Å². The highest BCUT2D eigenvalue weighted by Crippen LogP contribution is 2.49. The van der Waals surface area contributed by atoms with E-state index >= 15 is 0 Å². The molecule has 2 aliphatic heterocycles. The van der Waals surface area contributed by atoms with Gasteiger partial charge >= 0.3 is 5.97 Å². The average molecular weight is 481 g/mol. The van der Waals surface area contributed by atoms with Crippen LogP contribution in [0, 0.1) is 0 Å². The van der Waals surface area contributed by atoms with E-state index in [0.717, 1.165) is 12.0 Å². The van der Waals surface area contributed by atoms with Crippen LogP contribution in [0.4, 0.5) is 0 Å². The quantitative estimate of drug-likeness (QED) is 0.539. The zero-order valence-electron chi connectivity index (χ0n) is 19.7. The van der Waals surface area contributed by atoms with Gasteiger partial charge < -0.3 is 14.5 Å². The fourth-order valence-corrected chi connectivity index (χ4v) is 6.53. The molecule has 34 heavy (non-hydrogen) atoms.